The van der Waals surface area contributed by atoms with Crippen LogP contribution in [0.3, 0.4) is 0 Å². The van der Waals surface area contributed by atoms with Crippen molar-refractivity contribution in [2.24, 2.45) is 0 Å². The lowest BCUT2D eigenvalue weighted by molar-refractivity contribution is -0.148. The van der Waals surface area contributed by atoms with Gasteiger partial charge in [0.05, 0.1) is 28.6 Å². The number of halogens is 4. The summed E-state index contributed by atoms with van der Waals surface area (Å²) in [6.07, 6.45) is -4.73. The summed E-state index contributed by atoms with van der Waals surface area (Å²) in [5.41, 5.74) is 0.718. The topological polar surface area (TPSA) is 92.8 Å². The van der Waals surface area contributed by atoms with E-state index >= 15 is 0 Å². The van der Waals surface area contributed by atoms with Crippen LogP contribution in [0.4, 0.5) is 18.9 Å². The molecule has 1 atom stereocenters. The minimum atomic E-state index is -4.77. The number of rotatable bonds is 7. The first-order valence-corrected chi connectivity index (χ1v) is 13.7. The third-order valence-corrected chi connectivity index (χ3v) is 8.43. The molecule has 1 heterocycles. The van der Waals surface area contributed by atoms with Crippen molar-refractivity contribution in [3.05, 3.63) is 94.0 Å². The lowest BCUT2D eigenvalue weighted by atomic mass is 9.92. The van der Waals surface area contributed by atoms with Crippen LogP contribution in [-0.2, 0) is 36.9 Å². The number of nitrogens with one attached hydrogen (secondary N) is 1. The molecule has 1 N–H and O–H groups in total. The van der Waals surface area contributed by atoms with Crippen molar-refractivity contribution >= 4 is 39.2 Å². The second-order valence-corrected chi connectivity index (χ2v) is 11.3. The van der Waals surface area contributed by atoms with Gasteiger partial charge in [0, 0.05) is 11.6 Å². The van der Waals surface area contributed by atoms with Crippen molar-refractivity contribution in [3.63, 3.8) is 0 Å². The normalized spacial score (nSPS) is 15.9. The highest BCUT2D eigenvalue weighted by Crippen LogP contribution is 2.38. The molecule has 1 unspecified atom stereocenters. The highest BCUT2D eigenvalue weighted by atomic mass is 35.5. The van der Waals surface area contributed by atoms with E-state index in [0.29, 0.717) is 18.1 Å². The number of carbonyl (C=O) groups is 2. The third-order valence-electron chi connectivity index (χ3n) is 6.28. The molecular formula is C27H24ClF3N2O5S. The lowest BCUT2D eigenvalue weighted by Gasteiger charge is -2.36. The number of carbonyl (C=O) groups excluding carboxylic acids is 2. The first-order valence-electron chi connectivity index (χ1n) is 11.8. The number of fused-ring (bicyclic) bond motifs is 1. The number of hydrogen-bond donors (Lipinski definition) is 1. The third kappa shape index (κ3) is 6.60. The van der Waals surface area contributed by atoms with Crippen molar-refractivity contribution in [2.45, 2.75) is 36.9 Å². The maximum absolute atomic E-state index is 13.5. The van der Waals surface area contributed by atoms with Crippen LogP contribution in [0.2, 0.25) is 5.02 Å². The Kier molecular flexibility index (Phi) is 8.34. The molecule has 3 aromatic rings. The summed E-state index contributed by atoms with van der Waals surface area (Å²) in [7, 11) is -3.98. The molecule has 12 heteroatoms. The van der Waals surface area contributed by atoms with Gasteiger partial charge in [-0.1, -0.05) is 53.6 Å². The fourth-order valence-electron chi connectivity index (χ4n) is 4.38. The van der Waals surface area contributed by atoms with Gasteiger partial charge in [-0.05, 0) is 54.8 Å². The average molecular weight is 581 g/mol. The molecule has 3 aromatic carbocycles. The van der Waals surface area contributed by atoms with Crippen molar-refractivity contribution in [2.75, 3.05) is 18.5 Å². The molecular weight excluding hydrogens is 557 g/mol. The van der Waals surface area contributed by atoms with Gasteiger partial charge in [-0.3, -0.25) is 9.59 Å². The van der Waals surface area contributed by atoms with E-state index in [9.17, 15) is 31.2 Å². The Hall–Kier alpha value is -3.41. The summed E-state index contributed by atoms with van der Waals surface area (Å²) < 4.78 is 73.2. The summed E-state index contributed by atoms with van der Waals surface area (Å²) >= 11 is 5.65. The van der Waals surface area contributed by atoms with Gasteiger partial charge in [-0.25, -0.2) is 8.42 Å². The van der Waals surface area contributed by atoms with Gasteiger partial charge in [0.15, 0.2) is 6.61 Å². The van der Waals surface area contributed by atoms with Gasteiger partial charge in [-0.2, -0.15) is 17.5 Å². The van der Waals surface area contributed by atoms with Crippen LogP contribution < -0.4 is 5.32 Å². The Morgan fingerprint density at radius 2 is 1.77 bits per heavy atom. The molecule has 4 rings (SSSR count). The van der Waals surface area contributed by atoms with E-state index in [4.69, 9.17) is 16.3 Å². The smallest absolute Gasteiger partial charge is 0.418 e. The van der Waals surface area contributed by atoms with Gasteiger partial charge in [0.25, 0.3) is 5.91 Å². The monoisotopic (exact) mass is 580 g/mol. The zero-order valence-corrected chi connectivity index (χ0v) is 22.2. The average Bonchev–Trinajstić information content (AvgIpc) is 2.88. The van der Waals surface area contributed by atoms with Crippen LogP contribution in [0.5, 0.6) is 0 Å². The van der Waals surface area contributed by atoms with E-state index in [0.717, 1.165) is 17.2 Å². The molecule has 0 radical (unpaired) electrons. The number of esters is 1. The number of anilines is 1. The zero-order chi connectivity index (χ0) is 28.4. The number of nitrogens with zero attached hydrogens (tertiary/aromatic N) is 1. The Morgan fingerprint density at radius 3 is 2.46 bits per heavy atom. The van der Waals surface area contributed by atoms with Crippen LogP contribution >= 0.6 is 11.6 Å². The SMILES string of the molecule is Cc1ccc(S(=O)(=O)N2CCc3ccccc3C2CC(=O)OCC(=O)Nc2ccc(Cl)cc2C(F)(F)F)cc1. The van der Waals surface area contributed by atoms with Crippen LogP contribution in [-0.4, -0.2) is 37.8 Å². The number of alkyl halides is 3. The highest BCUT2D eigenvalue weighted by Gasteiger charge is 2.38. The Bertz CT molecular complexity index is 1490. The van der Waals surface area contributed by atoms with Gasteiger partial charge in [-0.15, -0.1) is 0 Å². The quantitative estimate of drug-likeness (QED) is 0.371. The van der Waals surface area contributed by atoms with Crippen LogP contribution in [0.25, 0.3) is 0 Å². The molecule has 0 fully saturated rings. The standard InChI is InChI=1S/C27H24ClF3N2O5S/c1-17-6-9-20(10-7-17)39(36,37)33-13-12-18-4-2-3-5-21(18)24(33)15-26(35)38-16-25(34)32-23-11-8-19(28)14-22(23)27(29,30)31/h2-11,14,24H,12-13,15-16H2,1H3,(H,32,34). The van der Waals surface area contributed by atoms with E-state index in [1.807, 2.05) is 19.1 Å². The number of sulfonamides is 1. The lowest BCUT2D eigenvalue weighted by Crippen LogP contribution is -2.41. The van der Waals surface area contributed by atoms with E-state index in [1.165, 1.54) is 22.5 Å². The predicted molar refractivity (Wildman–Crippen MR) is 139 cm³/mol. The Morgan fingerprint density at radius 1 is 1.08 bits per heavy atom. The molecule has 1 aliphatic rings. The maximum atomic E-state index is 13.5. The van der Waals surface area contributed by atoms with Crippen molar-refractivity contribution in [3.8, 4) is 0 Å². The second kappa shape index (κ2) is 11.4. The molecule has 1 amide bonds. The first kappa shape index (κ1) is 28.6. The Labute approximate surface area is 228 Å². The first-order chi connectivity index (χ1) is 18.4. The van der Waals surface area contributed by atoms with Crippen molar-refractivity contribution in [1.29, 1.82) is 0 Å². The van der Waals surface area contributed by atoms with E-state index < -0.39 is 58.4 Å². The molecule has 0 saturated carbocycles. The predicted octanol–water partition coefficient (Wildman–Crippen LogP) is 5.53. The summed E-state index contributed by atoms with van der Waals surface area (Å²) in [5, 5.41) is 1.91. The zero-order valence-electron chi connectivity index (χ0n) is 20.7. The van der Waals surface area contributed by atoms with Gasteiger partial charge >= 0.3 is 12.1 Å². The minimum Gasteiger partial charge on any atom is -0.456 e. The molecule has 206 valence electrons. The van der Waals surface area contributed by atoms with Crippen LogP contribution in [0.1, 0.15) is 34.7 Å². The second-order valence-electron chi connectivity index (χ2n) is 8.99. The summed E-state index contributed by atoms with van der Waals surface area (Å²) in [6.45, 7) is 1.10. The van der Waals surface area contributed by atoms with Crippen LogP contribution in [0, 0.1) is 6.92 Å². The fraction of sp³-hybridized carbons (Fsp3) is 0.259. The molecule has 0 aromatic heterocycles. The maximum Gasteiger partial charge on any atom is 0.418 e. The molecule has 0 spiro atoms. The van der Waals surface area contributed by atoms with Crippen molar-refractivity contribution in [1.82, 2.24) is 4.31 Å². The van der Waals surface area contributed by atoms with Gasteiger partial charge < -0.3 is 10.1 Å². The van der Waals surface area contributed by atoms with E-state index in [2.05, 4.69) is 5.32 Å². The van der Waals surface area contributed by atoms with Gasteiger partial charge in [0.1, 0.15) is 0 Å². The van der Waals surface area contributed by atoms with Crippen LogP contribution in [0.15, 0.2) is 71.6 Å². The Balaban J connectivity index is 1.49. The number of hydrogen-bond acceptors (Lipinski definition) is 5. The molecule has 0 aliphatic carbocycles. The molecule has 0 saturated heterocycles. The van der Waals surface area contributed by atoms with Crippen molar-refractivity contribution < 1.29 is 35.9 Å². The fourth-order valence-corrected chi connectivity index (χ4v) is 6.16. The molecule has 7 nitrogen and oxygen atoms in total. The van der Waals surface area contributed by atoms with E-state index in [-0.39, 0.29) is 16.5 Å². The summed E-state index contributed by atoms with van der Waals surface area (Å²) in [6, 6.07) is 15.4. The summed E-state index contributed by atoms with van der Waals surface area (Å²) in [4.78, 5) is 25.2. The number of benzene rings is 3. The number of aryl methyl sites for hydroxylation is 1. The molecule has 0 bridgehead atoms. The highest BCUT2D eigenvalue weighted by molar-refractivity contribution is 7.89. The van der Waals surface area contributed by atoms with Gasteiger partial charge in [0.2, 0.25) is 10.0 Å². The molecule has 1 aliphatic heterocycles. The largest absolute Gasteiger partial charge is 0.456 e. The summed E-state index contributed by atoms with van der Waals surface area (Å²) in [5.74, 6) is -1.88. The molecule has 39 heavy (non-hydrogen) atoms. The van der Waals surface area contributed by atoms with E-state index in [1.54, 1.807) is 24.3 Å². The number of amides is 1. The minimum absolute atomic E-state index is 0.0775. The number of ether oxygens (including phenoxy) is 1.